The molecular formula is C26H20F6O2. The van der Waals surface area contributed by atoms with Crippen LogP contribution in [0.25, 0.3) is 22.3 Å². The first-order valence-electron chi connectivity index (χ1n) is 10.5. The number of carbonyl (C=O) groups is 1. The maximum Gasteiger partial charge on any atom is 0.416 e. The van der Waals surface area contributed by atoms with Gasteiger partial charge < -0.3 is 5.11 Å². The van der Waals surface area contributed by atoms with E-state index in [2.05, 4.69) is 0 Å². The molecule has 1 N–H and O–H groups in total. The smallest absolute Gasteiger partial charge is 0.416 e. The van der Waals surface area contributed by atoms with E-state index in [1.165, 1.54) is 24.3 Å². The van der Waals surface area contributed by atoms with E-state index >= 15 is 0 Å². The van der Waals surface area contributed by atoms with Crippen LogP contribution in [-0.2, 0) is 22.6 Å². The number of carboxylic acid groups (broad SMARTS) is 1. The van der Waals surface area contributed by atoms with Crippen LogP contribution < -0.4 is 0 Å². The molecule has 0 bridgehead atoms. The number of hydrogen-bond donors (Lipinski definition) is 1. The lowest BCUT2D eigenvalue weighted by molar-refractivity contribution is -0.149. The predicted molar refractivity (Wildman–Crippen MR) is 115 cm³/mol. The molecule has 0 unspecified atom stereocenters. The van der Waals surface area contributed by atoms with Crippen molar-refractivity contribution in [2.45, 2.75) is 37.5 Å². The molecule has 8 heteroatoms. The normalized spacial score (nSPS) is 20.6. The van der Waals surface area contributed by atoms with E-state index in [0.717, 1.165) is 24.3 Å². The Morgan fingerprint density at radius 2 is 1.21 bits per heavy atom. The summed E-state index contributed by atoms with van der Waals surface area (Å²) in [5.74, 6) is -0.772. The van der Waals surface area contributed by atoms with Crippen LogP contribution in [0.1, 0.15) is 36.5 Å². The number of carboxylic acids is 1. The number of benzene rings is 3. The highest BCUT2D eigenvalue weighted by molar-refractivity contribution is 5.88. The third-order valence-electron chi connectivity index (χ3n) is 6.42. The van der Waals surface area contributed by atoms with Crippen LogP contribution in [-0.4, -0.2) is 11.1 Å². The zero-order chi connectivity index (χ0) is 24.9. The monoisotopic (exact) mass is 478 g/mol. The third kappa shape index (κ3) is 4.29. The molecule has 34 heavy (non-hydrogen) atoms. The Morgan fingerprint density at radius 3 is 1.59 bits per heavy atom. The number of alkyl halides is 6. The van der Waals surface area contributed by atoms with Gasteiger partial charge in [0.2, 0.25) is 0 Å². The van der Waals surface area contributed by atoms with E-state index in [-0.39, 0.29) is 5.92 Å². The van der Waals surface area contributed by atoms with E-state index < -0.39 is 34.9 Å². The lowest BCUT2D eigenvalue weighted by atomic mass is 9.59. The van der Waals surface area contributed by atoms with Gasteiger partial charge in [0.1, 0.15) is 0 Å². The minimum Gasteiger partial charge on any atom is -0.481 e. The van der Waals surface area contributed by atoms with Gasteiger partial charge in [-0.1, -0.05) is 43.3 Å². The summed E-state index contributed by atoms with van der Waals surface area (Å²) in [6.45, 7) is 1.94. The van der Waals surface area contributed by atoms with Gasteiger partial charge in [0.15, 0.2) is 0 Å². The van der Waals surface area contributed by atoms with Crippen LogP contribution in [0.5, 0.6) is 0 Å². The summed E-state index contributed by atoms with van der Waals surface area (Å²) >= 11 is 0. The standard InChI is InChI=1S/C26H20F6O2/c1-15-13-24(14-15,23(33)34)20-10-11-21(16-2-6-18(7-3-16)25(27,28)29)22(12-20)17-4-8-19(9-5-17)26(30,31)32/h2-12,15H,13-14H2,1H3,(H,33,34). The van der Waals surface area contributed by atoms with Gasteiger partial charge in [-0.15, -0.1) is 0 Å². The Hall–Kier alpha value is -3.29. The molecule has 0 heterocycles. The van der Waals surface area contributed by atoms with Gasteiger partial charge in [0.05, 0.1) is 16.5 Å². The van der Waals surface area contributed by atoms with E-state index in [1.54, 1.807) is 18.2 Å². The zero-order valence-corrected chi connectivity index (χ0v) is 18.0. The van der Waals surface area contributed by atoms with Crippen LogP contribution in [0.4, 0.5) is 26.3 Å². The summed E-state index contributed by atoms with van der Waals surface area (Å²) in [7, 11) is 0. The first-order valence-corrected chi connectivity index (χ1v) is 10.5. The van der Waals surface area contributed by atoms with Crippen LogP contribution in [0, 0.1) is 5.92 Å². The fourth-order valence-electron chi connectivity index (χ4n) is 4.67. The lowest BCUT2D eigenvalue weighted by Crippen LogP contribution is -2.46. The Kier molecular flexibility index (Phi) is 5.74. The van der Waals surface area contributed by atoms with Gasteiger partial charge in [-0.05, 0) is 76.9 Å². The second-order valence-corrected chi connectivity index (χ2v) is 8.81. The summed E-state index contributed by atoms with van der Waals surface area (Å²) in [6, 6.07) is 13.8. The molecule has 1 saturated carbocycles. The first-order chi connectivity index (χ1) is 15.8. The molecule has 0 aliphatic heterocycles. The van der Waals surface area contributed by atoms with Crippen molar-refractivity contribution < 1.29 is 36.2 Å². The number of halogens is 6. The molecule has 0 radical (unpaired) electrons. The van der Waals surface area contributed by atoms with Gasteiger partial charge in [0, 0.05) is 0 Å². The molecule has 0 saturated heterocycles. The summed E-state index contributed by atoms with van der Waals surface area (Å²) in [5.41, 5.74) is -0.465. The van der Waals surface area contributed by atoms with Crippen molar-refractivity contribution in [2.24, 2.45) is 5.92 Å². The second-order valence-electron chi connectivity index (χ2n) is 8.81. The van der Waals surface area contributed by atoms with Crippen molar-refractivity contribution in [1.82, 2.24) is 0 Å². The Bertz CT molecular complexity index is 1200. The van der Waals surface area contributed by atoms with E-state index in [9.17, 15) is 36.2 Å². The Morgan fingerprint density at radius 1 is 0.765 bits per heavy atom. The third-order valence-corrected chi connectivity index (χ3v) is 6.42. The highest BCUT2D eigenvalue weighted by Gasteiger charge is 2.50. The van der Waals surface area contributed by atoms with E-state index in [0.29, 0.717) is 40.7 Å². The molecule has 3 aromatic carbocycles. The highest BCUT2D eigenvalue weighted by atomic mass is 19.4. The summed E-state index contributed by atoms with van der Waals surface area (Å²) in [6.07, 6.45) is -8.18. The largest absolute Gasteiger partial charge is 0.481 e. The van der Waals surface area contributed by atoms with Gasteiger partial charge in [-0.3, -0.25) is 4.79 Å². The number of aliphatic carboxylic acids is 1. The molecule has 1 aliphatic carbocycles. The van der Waals surface area contributed by atoms with Crippen LogP contribution in [0.3, 0.4) is 0 Å². The molecule has 178 valence electrons. The second kappa shape index (κ2) is 8.18. The van der Waals surface area contributed by atoms with Crippen molar-refractivity contribution in [3.05, 3.63) is 83.4 Å². The predicted octanol–water partition coefficient (Wildman–Crippen LogP) is 7.81. The topological polar surface area (TPSA) is 37.3 Å². The van der Waals surface area contributed by atoms with Crippen LogP contribution in [0.2, 0.25) is 0 Å². The average Bonchev–Trinajstić information content (AvgIpc) is 2.75. The molecule has 4 rings (SSSR count). The number of hydrogen-bond acceptors (Lipinski definition) is 1. The quantitative estimate of drug-likeness (QED) is 0.388. The summed E-state index contributed by atoms with van der Waals surface area (Å²) < 4.78 is 78.1. The van der Waals surface area contributed by atoms with E-state index in [1.807, 2.05) is 6.92 Å². The lowest BCUT2D eigenvalue weighted by Gasteiger charge is -2.43. The molecule has 0 aromatic heterocycles. The van der Waals surface area contributed by atoms with Crippen molar-refractivity contribution in [2.75, 3.05) is 0 Å². The maximum absolute atomic E-state index is 13.0. The van der Waals surface area contributed by atoms with Crippen molar-refractivity contribution in [3.8, 4) is 22.3 Å². The zero-order valence-electron chi connectivity index (χ0n) is 18.0. The Balaban J connectivity index is 1.85. The highest BCUT2D eigenvalue weighted by Crippen LogP contribution is 2.49. The molecule has 0 atom stereocenters. The molecule has 0 spiro atoms. The number of rotatable bonds is 4. The first kappa shape index (κ1) is 23.9. The fraction of sp³-hybridized carbons (Fsp3) is 0.269. The van der Waals surface area contributed by atoms with Crippen LogP contribution in [0.15, 0.2) is 66.7 Å². The molecule has 0 amide bonds. The van der Waals surface area contributed by atoms with Gasteiger partial charge in [-0.25, -0.2) is 0 Å². The average molecular weight is 478 g/mol. The van der Waals surface area contributed by atoms with Gasteiger partial charge >= 0.3 is 18.3 Å². The fourth-order valence-corrected chi connectivity index (χ4v) is 4.67. The minimum atomic E-state index is -4.52. The van der Waals surface area contributed by atoms with Gasteiger partial charge in [-0.2, -0.15) is 26.3 Å². The molecule has 2 nitrogen and oxygen atoms in total. The van der Waals surface area contributed by atoms with E-state index in [4.69, 9.17) is 0 Å². The minimum absolute atomic E-state index is 0.209. The Labute approximate surface area is 191 Å². The molecule has 1 fully saturated rings. The van der Waals surface area contributed by atoms with Crippen molar-refractivity contribution >= 4 is 5.97 Å². The maximum atomic E-state index is 13.0. The molecular weight excluding hydrogens is 458 g/mol. The summed E-state index contributed by atoms with van der Waals surface area (Å²) in [5, 5.41) is 9.90. The molecule has 3 aromatic rings. The summed E-state index contributed by atoms with van der Waals surface area (Å²) in [4.78, 5) is 12.1. The van der Waals surface area contributed by atoms with Crippen molar-refractivity contribution in [3.63, 3.8) is 0 Å². The van der Waals surface area contributed by atoms with Gasteiger partial charge in [0.25, 0.3) is 0 Å². The van der Waals surface area contributed by atoms with Crippen molar-refractivity contribution in [1.29, 1.82) is 0 Å². The van der Waals surface area contributed by atoms with Crippen LogP contribution >= 0.6 is 0 Å². The molecule has 1 aliphatic rings. The SMILES string of the molecule is CC1CC(C(=O)O)(c2ccc(-c3ccc(C(F)(F)F)cc3)c(-c3ccc(C(F)(F)F)cc3)c2)C1.